The Bertz CT molecular complexity index is 288. The fourth-order valence-corrected chi connectivity index (χ4v) is 0.637. The first-order chi connectivity index (χ1) is 5.83. The number of ether oxygens (including phenoxy) is 1. The van der Waals surface area contributed by atoms with Crippen molar-refractivity contribution in [2.24, 2.45) is 0 Å². The second-order valence-corrected chi connectivity index (χ2v) is 1.91. The first-order valence-electron chi connectivity index (χ1n) is 3.32. The first kappa shape index (κ1) is 8.26. The summed E-state index contributed by atoms with van der Waals surface area (Å²) in [6, 6.07) is 0. The van der Waals surface area contributed by atoms with Crippen LogP contribution in [0.3, 0.4) is 0 Å². The van der Waals surface area contributed by atoms with E-state index in [-0.39, 0.29) is 0 Å². The van der Waals surface area contributed by atoms with Crippen LogP contribution in [0.15, 0.2) is 31.3 Å². The molecule has 0 saturated carbocycles. The molecule has 0 spiro atoms. The van der Waals surface area contributed by atoms with Crippen LogP contribution in [0.4, 0.5) is 0 Å². The van der Waals surface area contributed by atoms with E-state index in [2.05, 4.69) is 21.3 Å². The van der Waals surface area contributed by atoms with Gasteiger partial charge in [-0.2, -0.15) is 0 Å². The van der Waals surface area contributed by atoms with Crippen molar-refractivity contribution < 1.29 is 9.53 Å². The van der Waals surface area contributed by atoms with E-state index in [1.165, 1.54) is 12.2 Å². The van der Waals surface area contributed by atoms with Gasteiger partial charge < -0.3 is 9.72 Å². The predicted molar refractivity (Wildman–Crippen MR) is 43.9 cm³/mol. The van der Waals surface area contributed by atoms with E-state index in [0.717, 1.165) is 6.26 Å². The van der Waals surface area contributed by atoms with E-state index >= 15 is 0 Å². The summed E-state index contributed by atoms with van der Waals surface area (Å²) in [6.07, 6.45) is 7.12. The number of carbonyl (C=O) groups is 1. The molecule has 4 heteroatoms. The van der Waals surface area contributed by atoms with Crippen LogP contribution < -0.4 is 0 Å². The zero-order valence-corrected chi connectivity index (χ0v) is 6.36. The Morgan fingerprint density at radius 1 is 1.75 bits per heavy atom. The number of aromatic amines is 1. The molecular formula is C8H8N2O2. The molecule has 0 aliphatic heterocycles. The van der Waals surface area contributed by atoms with Gasteiger partial charge in [0, 0.05) is 18.5 Å². The van der Waals surface area contributed by atoms with Crippen LogP contribution in [0.5, 0.6) is 0 Å². The average molecular weight is 164 g/mol. The molecule has 0 aromatic carbocycles. The first-order valence-corrected chi connectivity index (χ1v) is 3.32. The lowest BCUT2D eigenvalue weighted by molar-refractivity contribution is -0.132. The number of nitrogens with zero attached hydrogens (tertiary/aromatic N) is 1. The Hall–Kier alpha value is -1.84. The zero-order chi connectivity index (χ0) is 8.81. The summed E-state index contributed by atoms with van der Waals surface area (Å²) >= 11 is 0. The van der Waals surface area contributed by atoms with Gasteiger partial charge >= 0.3 is 5.97 Å². The second-order valence-electron chi connectivity index (χ2n) is 1.91. The van der Waals surface area contributed by atoms with Crippen LogP contribution >= 0.6 is 0 Å². The number of nitrogens with one attached hydrogen (secondary N) is 1. The molecule has 1 aromatic rings. The third-order valence-corrected chi connectivity index (χ3v) is 1.10. The van der Waals surface area contributed by atoms with Crippen LogP contribution in [0.1, 0.15) is 5.82 Å². The molecule has 1 N–H and O–H groups in total. The highest BCUT2D eigenvalue weighted by atomic mass is 16.5. The molecule has 0 fully saturated rings. The van der Waals surface area contributed by atoms with Gasteiger partial charge in [0.1, 0.15) is 5.82 Å². The van der Waals surface area contributed by atoms with Crippen LogP contribution in [0.25, 0.3) is 6.08 Å². The largest absolute Gasteiger partial charge is 0.432 e. The second kappa shape index (κ2) is 4.12. The Kier molecular flexibility index (Phi) is 2.84. The highest BCUT2D eigenvalue weighted by Crippen LogP contribution is 1.92. The number of carbonyl (C=O) groups excluding carboxylic acids is 1. The van der Waals surface area contributed by atoms with Crippen LogP contribution in [-0.4, -0.2) is 15.9 Å². The van der Waals surface area contributed by atoms with Crippen molar-refractivity contribution >= 4 is 12.0 Å². The molecule has 1 aromatic heterocycles. The van der Waals surface area contributed by atoms with Crippen molar-refractivity contribution in [3.63, 3.8) is 0 Å². The number of imidazole rings is 1. The maximum absolute atomic E-state index is 10.7. The molecule has 4 nitrogen and oxygen atoms in total. The number of rotatable bonds is 3. The van der Waals surface area contributed by atoms with Crippen LogP contribution in [0, 0.1) is 0 Å². The summed E-state index contributed by atoms with van der Waals surface area (Å²) in [5.41, 5.74) is 0. The van der Waals surface area contributed by atoms with E-state index in [4.69, 9.17) is 0 Å². The standard InChI is InChI=1S/C8H8N2O2/c1-2-12-8(11)4-3-7-9-5-6-10-7/h2-6H,1H2,(H,9,10). The average Bonchev–Trinajstić information content (AvgIpc) is 2.53. The minimum Gasteiger partial charge on any atom is -0.432 e. The predicted octanol–water partition coefficient (Wildman–Crippen LogP) is 1.11. The molecule has 62 valence electrons. The Morgan fingerprint density at radius 3 is 3.17 bits per heavy atom. The van der Waals surface area contributed by atoms with Crippen molar-refractivity contribution in [2.75, 3.05) is 0 Å². The molecule has 0 unspecified atom stereocenters. The van der Waals surface area contributed by atoms with E-state index in [1.807, 2.05) is 0 Å². The van der Waals surface area contributed by atoms with E-state index in [1.54, 1.807) is 12.4 Å². The lowest BCUT2D eigenvalue weighted by Gasteiger charge is -1.88. The topological polar surface area (TPSA) is 55.0 Å². The third-order valence-electron chi connectivity index (χ3n) is 1.10. The monoisotopic (exact) mass is 164 g/mol. The highest BCUT2D eigenvalue weighted by molar-refractivity contribution is 5.86. The normalized spacial score (nSPS) is 10.0. The van der Waals surface area contributed by atoms with Crippen molar-refractivity contribution in [3.05, 3.63) is 37.1 Å². The summed E-state index contributed by atoms with van der Waals surface area (Å²) < 4.78 is 4.44. The lowest BCUT2D eigenvalue weighted by Crippen LogP contribution is -1.92. The molecule has 1 rings (SSSR count). The number of hydrogen-bond donors (Lipinski definition) is 1. The van der Waals surface area contributed by atoms with Gasteiger partial charge in [-0.25, -0.2) is 9.78 Å². The molecule has 1 heterocycles. The molecule has 0 amide bonds. The fourth-order valence-electron chi connectivity index (χ4n) is 0.637. The fraction of sp³-hybridized carbons (Fsp3) is 0. The zero-order valence-electron chi connectivity index (χ0n) is 6.36. The number of hydrogen-bond acceptors (Lipinski definition) is 3. The molecule has 0 atom stereocenters. The van der Waals surface area contributed by atoms with Crippen molar-refractivity contribution in [1.29, 1.82) is 0 Å². The van der Waals surface area contributed by atoms with Gasteiger partial charge in [0.05, 0.1) is 6.26 Å². The van der Waals surface area contributed by atoms with Gasteiger partial charge in [0.15, 0.2) is 0 Å². The SMILES string of the molecule is C=COC(=O)C=Cc1ncc[nH]1. The summed E-state index contributed by atoms with van der Waals surface area (Å²) in [7, 11) is 0. The molecule has 0 aliphatic rings. The molecular weight excluding hydrogens is 156 g/mol. The number of aromatic nitrogens is 2. The number of H-pyrrole nitrogens is 1. The van der Waals surface area contributed by atoms with Gasteiger partial charge in [-0.05, 0) is 6.08 Å². The van der Waals surface area contributed by atoms with Gasteiger partial charge in [-0.3, -0.25) is 0 Å². The number of esters is 1. The van der Waals surface area contributed by atoms with Crippen LogP contribution in [0.2, 0.25) is 0 Å². The van der Waals surface area contributed by atoms with Crippen molar-refractivity contribution in [1.82, 2.24) is 9.97 Å². The summed E-state index contributed by atoms with van der Waals surface area (Å²) in [5, 5.41) is 0. The molecule has 0 aliphatic carbocycles. The lowest BCUT2D eigenvalue weighted by atomic mass is 10.5. The molecule has 0 saturated heterocycles. The minimum atomic E-state index is -0.471. The van der Waals surface area contributed by atoms with Gasteiger partial charge in [-0.1, -0.05) is 6.58 Å². The molecule has 12 heavy (non-hydrogen) atoms. The summed E-state index contributed by atoms with van der Waals surface area (Å²) in [5.74, 6) is 0.136. The Balaban J connectivity index is 2.50. The minimum absolute atomic E-state index is 0.471. The van der Waals surface area contributed by atoms with E-state index < -0.39 is 5.97 Å². The third kappa shape index (κ3) is 2.42. The summed E-state index contributed by atoms with van der Waals surface area (Å²) in [4.78, 5) is 17.4. The van der Waals surface area contributed by atoms with Crippen molar-refractivity contribution in [2.45, 2.75) is 0 Å². The maximum atomic E-state index is 10.7. The van der Waals surface area contributed by atoms with Gasteiger partial charge in [-0.15, -0.1) is 0 Å². The summed E-state index contributed by atoms with van der Waals surface area (Å²) in [6.45, 7) is 3.25. The molecule has 0 bridgehead atoms. The van der Waals surface area contributed by atoms with E-state index in [9.17, 15) is 4.79 Å². The maximum Gasteiger partial charge on any atom is 0.335 e. The highest BCUT2D eigenvalue weighted by Gasteiger charge is 1.92. The van der Waals surface area contributed by atoms with Crippen molar-refractivity contribution in [3.8, 4) is 0 Å². The van der Waals surface area contributed by atoms with Gasteiger partial charge in [0.25, 0.3) is 0 Å². The Morgan fingerprint density at radius 2 is 2.58 bits per heavy atom. The van der Waals surface area contributed by atoms with Gasteiger partial charge in [0.2, 0.25) is 0 Å². The molecule has 0 radical (unpaired) electrons. The smallest absolute Gasteiger partial charge is 0.335 e. The Labute approximate surface area is 69.6 Å². The quantitative estimate of drug-likeness (QED) is 0.413. The van der Waals surface area contributed by atoms with E-state index in [0.29, 0.717) is 5.82 Å². The van der Waals surface area contributed by atoms with Crippen LogP contribution in [-0.2, 0) is 9.53 Å².